The van der Waals surface area contributed by atoms with E-state index in [1.807, 2.05) is 30.3 Å². The van der Waals surface area contributed by atoms with Crippen LogP contribution in [0.4, 0.5) is 4.39 Å². The fraction of sp³-hybridized carbons (Fsp3) is 0.348. The molecule has 2 N–H and O–H groups in total. The molecule has 32 heavy (non-hydrogen) atoms. The van der Waals surface area contributed by atoms with Gasteiger partial charge in [0.05, 0.1) is 19.0 Å². The molecule has 168 valence electrons. The Kier molecular flexibility index (Phi) is 6.09. The molecule has 1 fully saturated rings. The van der Waals surface area contributed by atoms with Gasteiger partial charge in [-0.1, -0.05) is 42.8 Å². The fourth-order valence-corrected chi connectivity index (χ4v) is 3.96. The summed E-state index contributed by atoms with van der Waals surface area (Å²) in [5.41, 5.74) is 4.16. The molecule has 1 aliphatic carbocycles. The van der Waals surface area contributed by atoms with Crippen LogP contribution in [0.25, 0.3) is 5.69 Å². The molecule has 0 radical (unpaired) electrons. The molecule has 1 aliphatic rings. The highest BCUT2D eigenvalue weighted by atomic mass is 19.1. The van der Waals surface area contributed by atoms with Crippen molar-refractivity contribution in [2.45, 2.75) is 38.4 Å². The van der Waals surface area contributed by atoms with Gasteiger partial charge in [-0.2, -0.15) is 0 Å². The highest BCUT2D eigenvalue weighted by molar-refractivity contribution is 5.41. The summed E-state index contributed by atoms with van der Waals surface area (Å²) in [5.74, 6) is -0.836. The number of aromatic nitrogens is 3. The Morgan fingerprint density at radius 2 is 1.75 bits per heavy atom. The third kappa shape index (κ3) is 3.91. The predicted octanol–water partition coefficient (Wildman–Crippen LogP) is 1.81. The van der Waals surface area contributed by atoms with Crippen LogP contribution in [0.1, 0.15) is 31.0 Å². The van der Waals surface area contributed by atoms with Crippen molar-refractivity contribution < 1.29 is 9.13 Å². The van der Waals surface area contributed by atoms with E-state index in [4.69, 9.17) is 10.5 Å². The van der Waals surface area contributed by atoms with E-state index in [1.165, 1.54) is 25.3 Å². The van der Waals surface area contributed by atoms with Gasteiger partial charge in [0.1, 0.15) is 0 Å². The van der Waals surface area contributed by atoms with Crippen LogP contribution in [-0.2, 0) is 13.0 Å². The van der Waals surface area contributed by atoms with Crippen molar-refractivity contribution in [2.24, 2.45) is 11.7 Å². The number of nitrogens with zero attached hydrogens (tertiary/aromatic N) is 3. The minimum atomic E-state index is -1.04. The molecule has 1 saturated carbocycles. The molecule has 0 saturated heterocycles. The Bertz CT molecular complexity index is 1290. The number of hydrogen-bond donors (Lipinski definition) is 1. The number of hydrogen-bond acceptors (Lipinski definition) is 5. The first kappa shape index (κ1) is 21.8. The summed E-state index contributed by atoms with van der Waals surface area (Å²) >= 11 is 0. The Balaban J connectivity index is 1.92. The number of ether oxygens (including phenoxy) is 1. The molecular weight excluding hydrogens is 415 g/mol. The minimum absolute atomic E-state index is 0.120. The normalized spacial score (nSPS) is 14.7. The van der Waals surface area contributed by atoms with Gasteiger partial charge < -0.3 is 10.5 Å². The molecule has 0 spiro atoms. The zero-order valence-corrected chi connectivity index (χ0v) is 17.7. The summed E-state index contributed by atoms with van der Waals surface area (Å²) < 4.78 is 22.5. The van der Waals surface area contributed by atoms with E-state index in [1.54, 1.807) is 0 Å². The average Bonchev–Trinajstić information content (AvgIpc) is 2.74. The number of rotatable bonds is 7. The van der Waals surface area contributed by atoms with E-state index < -0.39 is 29.1 Å². The first-order valence-electron chi connectivity index (χ1n) is 10.5. The molecule has 1 aromatic heterocycles. The lowest BCUT2D eigenvalue weighted by atomic mass is 9.85. The van der Waals surface area contributed by atoms with Crippen LogP contribution in [0, 0.1) is 11.7 Å². The van der Waals surface area contributed by atoms with Gasteiger partial charge in [0.15, 0.2) is 11.6 Å². The third-order valence-electron chi connectivity index (χ3n) is 5.95. The van der Waals surface area contributed by atoms with Gasteiger partial charge in [-0.3, -0.25) is 0 Å². The van der Waals surface area contributed by atoms with Gasteiger partial charge in [0, 0.05) is 13.0 Å². The van der Waals surface area contributed by atoms with Crippen molar-refractivity contribution >= 4 is 0 Å². The van der Waals surface area contributed by atoms with E-state index >= 15 is 4.39 Å². The lowest BCUT2D eigenvalue weighted by Crippen LogP contribution is -2.57. The van der Waals surface area contributed by atoms with Crippen LogP contribution >= 0.6 is 0 Å². The average molecular weight is 440 g/mol. The Labute approximate surface area is 183 Å². The second kappa shape index (κ2) is 8.96. The molecule has 0 bridgehead atoms. The maximum absolute atomic E-state index is 15.0. The van der Waals surface area contributed by atoms with E-state index in [2.05, 4.69) is 0 Å². The summed E-state index contributed by atoms with van der Waals surface area (Å²) in [5, 5.41) is 0. The standard InChI is InChI=1S/C23H25FN4O4/c1-32-18-12-6-11-17(20(18)24)27-21(29)26(14-16-9-5-10-16)22(30)28(23(27)31)19(25)13-15-7-3-2-4-8-15/h2-4,6-8,11-12,16,19H,5,9-10,13-14,25H2,1H3. The quantitative estimate of drug-likeness (QED) is 0.604. The third-order valence-corrected chi connectivity index (χ3v) is 5.95. The number of methoxy groups -OCH3 is 1. The molecule has 1 heterocycles. The van der Waals surface area contributed by atoms with Crippen molar-refractivity contribution in [1.29, 1.82) is 0 Å². The molecule has 0 amide bonds. The van der Waals surface area contributed by atoms with Crippen LogP contribution in [-0.4, -0.2) is 20.8 Å². The van der Waals surface area contributed by atoms with Crippen molar-refractivity contribution in [1.82, 2.24) is 13.7 Å². The van der Waals surface area contributed by atoms with E-state index in [0.29, 0.717) is 4.57 Å². The molecule has 3 aromatic rings. The second-order valence-electron chi connectivity index (χ2n) is 8.01. The fourth-order valence-electron chi connectivity index (χ4n) is 3.96. The van der Waals surface area contributed by atoms with Gasteiger partial charge in [-0.25, -0.2) is 32.5 Å². The zero-order valence-electron chi connectivity index (χ0n) is 17.7. The van der Waals surface area contributed by atoms with Gasteiger partial charge in [-0.05, 0) is 36.5 Å². The Hall–Kier alpha value is -3.46. The van der Waals surface area contributed by atoms with Crippen LogP contribution in [0.15, 0.2) is 62.9 Å². The van der Waals surface area contributed by atoms with Crippen molar-refractivity contribution in [3.05, 3.63) is 91.4 Å². The molecule has 1 unspecified atom stereocenters. The second-order valence-corrected chi connectivity index (χ2v) is 8.01. The van der Waals surface area contributed by atoms with Gasteiger partial charge in [-0.15, -0.1) is 0 Å². The minimum Gasteiger partial charge on any atom is -0.494 e. The molecule has 8 nitrogen and oxygen atoms in total. The summed E-state index contributed by atoms with van der Waals surface area (Å²) in [7, 11) is 1.29. The lowest BCUT2D eigenvalue weighted by molar-refractivity contribution is 0.259. The SMILES string of the molecule is COc1cccc(-n2c(=O)n(CC3CCC3)c(=O)n(C(N)Cc3ccccc3)c2=O)c1F. The van der Waals surface area contributed by atoms with Crippen LogP contribution in [0.3, 0.4) is 0 Å². The topological polar surface area (TPSA) is 101 Å². The summed E-state index contributed by atoms with van der Waals surface area (Å²) in [4.78, 5) is 39.8. The molecule has 4 rings (SSSR count). The maximum atomic E-state index is 15.0. The van der Waals surface area contributed by atoms with Crippen LogP contribution in [0.5, 0.6) is 5.75 Å². The van der Waals surface area contributed by atoms with Gasteiger partial charge in [0.2, 0.25) is 0 Å². The number of benzene rings is 2. The first-order valence-corrected chi connectivity index (χ1v) is 10.5. The van der Waals surface area contributed by atoms with E-state index in [0.717, 1.165) is 34.0 Å². The van der Waals surface area contributed by atoms with Crippen molar-refractivity contribution in [3.63, 3.8) is 0 Å². The van der Waals surface area contributed by atoms with Gasteiger partial charge in [0.25, 0.3) is 0 Å². The summed E-state index contributed by atoms with van der Waals surface area (Å²) in [6.45, 7) is 0.154. The summed E-state index contributed by atoms with van der Waals surface area (Å²) in [6, 6.07) is 13.3. The van der Waals surface area contributed by atoms with Crippen LogP contribution < -0.4 is 27.5 Å². The zero-order chi connectivity index (χ0) is 22.8. The molecule has 2 aromatic carbocycles. The van der Waals surface area contributed by atoms with E-state index in [9.17, 15) is 14.4 Å². The molecule has 0 aliphatic heterocycles. The maximum Gasteiger partial charge on any atom is 0.342 e. The summed E-state index contributed by atoms with van der Waals surface area (Å²) in [6.07, 6.45) is 1.94. The Morgan fingerprint density at radius 1 is 1.03 bits per heavy atom. The predicted molar refractivity (Wildman–Crippen MR) is 118 cm³/mol. The smallest absolute Gasteiger partial charge is 0.342 e. The number of nitrogens with two attached hydrogens (primary N) is 1. The largest absolute Gasteiger partial charge is 0.494 e. The number of halogens is 1. The van der Waals surface area contributed by atoms with E-state index in [-0.39, 0.29) is 30.3 Å². The molecule has 9 heteroatoms. The van der Waals surface area contributed by atoms with Crippen molar-refractivity contribution in [3.8, 4) is 11.4 Å². The monoisotopic (exact) mass is 440 g/mol. The van der Waals surface area contributed by atoms with Gasteiger partial charge >= 0.3 is 17.1 Å². The lowest BCUT2D eigenvalue weighted by Gasteiger charge is -2.26. The molecule has 1 atom stereocenters. The molecular formula is C23H25FN4O4. The van der Waals surface area contributed by atoms with Crippen LogP contribution in [0.2, 0.25) is 0 Å². The highest BCUT2D eigenvalue weighted by Gasteiger charge is 2.26. The first-order chi connectivity index (χ1) is 15.4. The Morgan fingerprint density at radius 3 is 2.38 bits per heavy atom. The highest BCUT2D eigenvalue weighted by Crippen LogP contribution is 2.27. The van der Waals surface area contributed by atoms with Crippen molar-refractivity contribution in [2.75, 3.05) is 7.11 Å².